The average Bonchev–Trinajstić information content (AvgIpc) is 3.17. The molecule has 3 aliphatic rings. The molecule has 1 heterocycles. The third-order valence-electron chi connectivity index (χ3n) is 7.02. The second kappa shape index (κ2) is 5.33. The van der Waals surface area contributed by atoms with E-state index in [1.807, 2.05) is 6.92 Å². The van der Waals surface area contributed by atoms with Gasteiger partial charge < -0.3 is 0 Å². The molecule has 1 aromatic carbocycles. The zero-order valence-electron chi connectivity index (χ0n) is 17.6. The maximum atomic E-state index is 13.6. The number of carbonyl (C=O) groups excluding carboxylic acids is 2. The fourth-order valence-corrected chi connectivity index (χ4v) is 5.35. The van der Waals surface area contributed by atoms with E-state index in [9.17, 15) is 9.59 Å². The summed E-state index contributed by atoms with van der Waals surface area (Å²) in [6.45, 7) is 14.9. The molecule has 1 saturated heterocycles. The van der Waals surface area contributed by atoms with Crippen molar-refractivity contribution in [3.63, 3.8) is 0 Å². The summed E-state index contributed by atoms with van der Waals surface area (Å²) >= 11 is 0. The molecule has 4 unspecified atom stereocenters. The van der Waals surface area contributed by atoms with Crippen LogP contribution in [0.15, 0.2) is 30.4 Å². The van der Waals surface area contributed by atoms with Crippen LogP contribution in [0.4, 0.5) is 5.69 Å². The highest BCUT2D eigenvalue weighted by molar-refractivity contribution is 6.24. The number of anilines is 1. The lowest BCUT2D eigenvalue weighted by atomic mass is 9.71. The fourth-order valence-electron chi connectivity index (χ4n) is 5.35. The summed E-state index contributed by atoms with van der Waals surface area (Å²) in [7, 11) is 0. The standard InChI is InChI=1S/C24H31NO2/c1-22(2,3)15-10-11-17(23(4,5)6)18(13-15)25-20(26)19-14-8-9-16(12-14)24(19,7)21(25)27/h8-11,13-14,16,19H,12H2,1-7H3. The van der Waals surface area contributed by atoms with Crippen LogP contribution in [0.3, 0.4) is 0 Å². The van der Waals surface area contributed by atoms with Crippen molar-refractivity contribution < 1.29 is 9.59 Å². The molecule has 1 saturated carbocycles. The summed E-state index contributed by atoms with van der Waals surface area (Å²) in [5.74, 6) is 0.191. The van der Waals surface area contributed by atoms with Gasteiger partial charge in [-0.15, -0.1) is 0 Å². The molecule has 3 nitrogen and oxygen atoms in total. The minimum Gasteiger partial charge on any atom is -0.274 e. The highest BCUT2D eigenvalue weighted by atomic mass is 16.2. The molecule has 0 N–H and O–H groups in total. The Balaban J connectivity index is 1.89. The zero-order chi connectivity index (χ0) is 19.9. The summed E-state index contributed by atoms with van der Waals surface area (Å²) in [4.78, 5) is 28.7. The Kier molecular flexibility index (Phi) is 3.65. The molecule has 1 aromatic rings. The van der Waals surface area contributed by atoms with E-state index in [0.29, 0.717) is 0 Å². The first-order chi connectivity index (χ1) is 12.4. The van der Waals surface area contributed by atoms with E-state index in [2.05, 4.69) is 71.9 Å². The van der Waals surface area contributed by atoms with Crippen molar-refractivity contribution in [2.45, 2.75) is 65.7 Å². The van der Waals surface area contributed by atoms with Crippen LogP contribution in [0.2, 0.25) is 0 Å². The lowest BCUT2D eigenvalue weighted by Crippen LogP contribution is -2.38. The van der Waals surface area contributed by atoms with E-state index in [0.717, 1.165) is 23.2 Å². The Morgan fingerprint density at radius 2 is 1.67 bits per heavy atom. The molecule has 4 rings (SSSR count). The molecule has 0 radical (unpaired) electrons. The maximum Gasteiger partial charge on any atom is 0.241 e. The third kappa shape index (κ3) is 2.40. The molecular weight excluding hydrogens is 334 g/mol. The summed E-state index contributed by atoms with van der Waals surface area (Å²) in [6.07, 6.45) is 5.26. The number of nitrogens with zero attached hydrogens (tertiary/aromatic N) is 1. The number of imide groups is 1. The van der Waals surface area contributed by atoms with E-state index in [-0.39, 0.29) is 40.4 Å². The number of hydrogen-bond acceptors (Lipinski definition) is 2. The first-order valence-corrected chi connectivity index (χ1v) is 10.1. The first kappa shape index (κ1) is 18.5. The van der Waals surface area contributed by atoms with Crippen LogP contribution in [-0.4, -0.2) is 11.8 Å². The van der Waals surface area contributed by atoms with E-state index in [1.54, 1.807) is 0 Å². The molecular formula is C24H31NO2. The Morgan fingerprint density at radius 1 is 1.00 bits per heavy atom. The van der Waals surface area contributed by atoms with Crippen molar-refractivity contribution in [2.75, 3.05) is 4.90 Å². The number of benzene rings is 1. The monoisotopic (exact) mass is 365 g/mol. The maximum absolute atomic E-state index is 13.6. The molecule has 0 aromatic heterocycles. The molecule has 1 aliphatic heterocycles. The lowest BCUT2D eigenvalue weighted by molar-refractivity contribution is -0.127. The molecule has 0 spiro atoms. The van der Waals surface area contributed by atoms with E-state index in [4.69, 9.17) is 0 Å². The van der Waals surface area contributed by atoms with Gasteiger partial charge in [0.25, 0.3) is 0 Å². The van der Waals surface area contributed by atoms with Crippen LogP contribution in [0.5, 0.6) is 0 Å². The van der Waals surface area contributed by atoms with E-state index >= 15 is 0 Å². The van der Waals surface area contributed by atoms with Gasteiger partial charge in [-0.05, 0) is 53.2 Å². The number of hydrogen-bond donors (Lipinski definition) is 0. The van der Waals surface area contributed by atoms with Gasteiger partial charge in [-0.25, -0.2) is 4.90 Å². The highest BCUT2D eigenvalue weighted by Crippen LogP contribution is 2.61. The largest absolute Gasteiger partial charge is 0.274 e. The number of carbonyl (C=O) groups is 2. The molecule has 2 amide bonds. The second-order valence-corrected chi connectivity index (χ2v) is 10.9. The highest BCUT2D eigenvalue weighted by Gasteiger charge is 2.67. The van der Waals surface area contributed by atoms with Gasteiger partial charge in [0.2, 0.25) is 11.8 Å². The van der Waals surface area contributed by atoms with Gasteiger partial charge in [0.05, 0.1) is 17.0 Å². The van der Waals surface area contributed by atoms with Crippen molar-refractivity contribution >= 4 is 17.5 Å². The molecule has 4 atom stereocenters. The van der Waals surface area contributed by atoms with Crippen LogP contribution >= 0.6 is 0 Å². The van der Waals surface area contributed by atoms with Crippen LogP contribution in [0.1, 0.15) is 66.0 Å². The van der Waals surface area contributed by atoms with Crippen LogP contribution < -0.4 is 4.90 Å². The minimum absolute atomic E-state index is 0.00379. The molecule has 27 heavy (non-hydrogen) atoms. The number of amides is 2. The zero-order valence-corrected chi connectivity index (χ0v) is 17.6. The van der Waals surface area contributed by atoms with Crippen LogP contribution in [-0.2, 0) is 20.4 Å². The second-order valence-electron chi connectivity index (χ2n) is 10.9. The van der Waals surface area contributed by atoms with Crippen molar-refractivity contribution in [1.29, 1.82) is 0 Å². The summed E-state index contributed by atoms with van der Waals surface area (Å²) < 4.78 is 0. The van der Waals surface area contributed by atoms with Gasteiger partial charge >= 0.3 is 0 Å². The average molecular weight is 366 g/mol. The summed E-state index contributed by atoms with van der Waals surface area (Å²) in [6, 6.07) is 6.33. The van der Waals surface area contributed by atoms with Crippen molar-refractivity contribution in [3.8, 4) is 0 Å². The smallest absolute Gasteiger partial charge is 0.241 e. The molecule has 2 aliphatic carbocycles. The minimum atomic E-state index is -0.580. The lowest BCUT2D eigenvalue weighted by Gasteiger charge is -2.31. The van der Waals surface area contributed by atoms with Crippen LogP contribution in [0, 0.1) is 23.2 Å². The Morgan fingerprint density at radius 3 is 2.22 bits per heavy atom. The topological polar surface area (TPSA) is 37.4 Å². The molecule has 144 valence electrons. The quantitative estimate of drug-likeness (QED) is 0.520. The summed E-state index contributed by atoms with van der Waals surface area (Å²) in [5, 5.41) is 0. The van der Waals surface area contributed by atoms with Crippen LogP contribution in [0.25, 0.3) is 0 Å². The van der Waals surface area contributed by atoms with Crippen molar-refractivity contribution in [1.82, 2.24) is 0 Å². The van der Waals surface area contributed by atoms with Gasteiger partial charge in [0, 0.05) is 0 Å². The predicted molar refractivity (Wildman–Crippen MR) is 109 cm³/mol. The van der Waals surface area contributed by atoms with E-state index < -0.39 is 5.41 Å². The molecule has 2 fully saturated rings. The molecule has 2 bridgehead atoms. The Hall–Kier alpha value is -1.90. The third-order valence-corrected chi connectivity index (χ3v) is 7.02. The van der Waals surface area contributed by atoms with E-state index in [1.165, 1.54) is 4.90 Å². The Bertz CT molecular complexity index is 867. The van der Waals surface area contributed by atoms with Gasteiger partial charge in [0.1, 0.15) is 0 Å². The van der Waals surface area contributed by atoms with Gasteiger partial charge in [-0.1, -0.05) is 65.8 Å². The van der Waals surface area contributed by atoms with Gasteiger partial charge in [0.15, 0.2) is 0 Å². The first-order valence-electron chi connectivity index (χ1n) is 10.1. The summed E-state index contributed by atoms with van der Waals surface area (Å²) in [5.41, 5.74) is 2.22. The van der Waals surface area contributed by atoms with Crippen molar-refractivity contribution in [2.24, 2.45) is 23.2 Å². The van der Waals surface area contributed by atoms with Gasteiger partial charge in [-0.2, -0.15) is 0 Å². The molecule has 3 heteroatoms. The number of rotatable bonds is 1. The van der Waals surface area contributed by atoms with Crippen molar-refractivity contribution in [3.05, 3.63) is 41.5 Å². The SMILES string of the molecule is CC(C)(C)c1ccc(C(C)(C)C)c(N2C(=O)C3C4C=CC(C4)C3(C)C2=O)c1. The fraction of sp³-hybridized carbons (Fsp3) is 0.583. The predicted octanol–water partition coefficient (Wildman–Crippen LogP) is 4.98. The number of allylic oxidation sites excluding steroid dienone is 2. The number of fused-ring (bicyclic) bond motifs is 5. The Labute approximate surface area is 162 Å². The van der Waals surface area contributed by atoms with Gasteiger partial charge in [-0.3, -0.25) is 9.59 Å². The normalized spacial score (nSPS) is 32.6.